The summed E-state index contributed by atoms with van der Waals surface area (Å²) in [5, 5.41) is 2.98. The summed E-state index contributed by atoms with van der Waals surface area (Å²) in [7, 11) is 0. The predicted octanol–water partition coefficient (Wildman–Crippen LogP) is 4.31. The zero-order valence-corrected chi connectivity index (χ0v) is 16.2. The zero-order chi connectivity index (χ0) is 19.3. The lowest BCUT2D eigenvalue weighted by molar-refractivity contribution is -0.113. The molecule has 1 amide bonds. The first-order valence-electron chi connectivity index (χ1n) is 7.83. The number of nitrogens with one attached hydrogen (secondary N) is 1. The highest BCUT2D eigenvalue weighted by molar-refractivity contribution is 8.00. The van der Waals surface area contributed by atoms with Crippen LogP contribution in [0, 0.1) is 12.7 Å². The minimum absolute atomic E-state index is 0.0836. The van der Waals surface area contributed by atoms with Crippen LogP contribution < -0.4 is 5.32 Å². The van der Waals surface area contributed by atoms with Crippen LogP contribution in [-0.2, 0) is 9.53 Å². The van der Waals surface area contributed by atoms with Crippen LogP contribution in [0.3, 0.4) is 0 Å². The third-order valence-electron chi connectivity index (χ3n) is 3.38. The number of thiophene rings is 1. The number of hydrogen-bond acceptors (Lipinski definition) is 6. The second kappa shape index (κ2) is 8.95. The fourth-order valence-corrected chi connectivity index (χ4v) is 4.03. The highest BCUT2D eigenvalue weighted by Crippen LogP contribution is 2.34. The number of ketones is 1. The number of carbonyl (C=O) groups is 3. The van der Waals surface area contributed by atoms with Crippen molar-refractivity contribution in [3.63, 3.8) is 0 Å². The maximum absolute atomic E-state index is 12.9. The molecule has 1 heterocycles. The third kappa shape index (κ3) is 4.92. The van der Waals surface area contributed by atoms with Crippen molar-refractivity contribution in [3.8, 4) is 0 Å². The Morgan fingerprint density at radius 2 is 1.88 bits per heavy atom. The first-order chi connectivity index (χ1) is 12.3. The number of amides is 1. The number of hydrogen-bond donors (Lipinski definition) is 1. The molecule has 0 spiro atoms. The average Bonchev–Trinajstić information content (AvgIpc) is 2.91. The van der Waals surface area contributed by atoms with Crippen molar-refractivity contribution < 1.29 is 23.5 Å². The summed E-state index contributed by atoms with van der Waals surface area (Å²) >= 11 is 2.30. The molecule has 2 rings (SSSR count). The van der Waals surface area contributed by atoms with E-state index in [4.69, 9.17) is 4.74 Å². The molecule has 0 aliphatic rings. The number of benzene rings is 1. The molecule has 0 aliphatic carbocycles. The second-order valence-electron chi connectivity index (χ2n) is 5.33. The van der Waals surface area contributed by atoms with Crippen molar-refractivity contribution in [3.05, 3.63) is 46.1 Å². The van der Waals surface area contributed by atoms with Gasteiger partial charge in [-0.2, -0.15) is 0 Å². The quantitative estimate of drug-likeness (QED) is 0.430. The lowest BCUT2D eigenvalue weighted by atomic mass is 10.1. The molecule has 0 fully saturated rings. The van der Waals surface area contributed by atoms with Gasteiger partial charge < -0.3 is 10.1 Å². The number of esters is 1. The van der Waals surface area contributed by atoms with Gasteiger partial charge in [0.1, 0.15) is 10.8 Å². The standard InChI is InChI=1S/C18H18FNO4S2/c1-4-24-18(23)15-10(2)16(11(3)21)26-17(15)20-14(22)9-25-13-7-5-12(19)6-8-13/h5-8H,4,9H2,1-3H3,(H,20,22). The van der Waals surface area contributed by atoms with Gasteiger partial charge in [-0.15, -0.1) is 23.1 Å². The molecule has 0 unspecified atom stereocenters. The van der Waals surface area contributed by atoms with Gasteiger partial charge in [-0.1, -0.05) is 0 Å². The first kappa shape index (κ1) is 20.1. The fourth-order valence-electron chi connectivity index (χ4n) is 2.23. The molecule has 0 atom stereocenters. The molecule has 26 heavy (non-hydrogen) atoms. The molecular weight excluding hydrogens is 377 g/mol. The molecule has 1 aromatic carbocycles. The summed E-state index contributed by atoms with van der Waals surface area (Å²) in [5.74, 6) is -1.35. The number of carbonyl (C=O) groups excluding carboxylic acids is 3. The lowest BCUT2D eigenvalue weighted by Crippen LogP contribution is -2.16. The molecule has 0 bridgehead atoms. The number of ether oxygens (including phenoxy) is 1. The number of Topliss-reactive ketones (excluding diaryl/α,β-unsaturated/α-hetero) is 1. The van der Waals surface area contributed by atoms with Crippen molar-refractivity contribution in [2.45, 2.75) is 25.7 Å². The molecule has 1 N–H and O–H groups in total. The molecule has 5 nitrogen and oxygen atoms in total. The Bertz CT molecular complexity index is 830. The van der Waals surface area contributed by atoms with Crippen LogP contribution in [0.5, 0.6) is 0 Å². The van der Waals surface area contributed by atoms with E-state index in [9.17, 15) is 18.8 Å². The number of halogens is 1. The topological polar surface area (TPSA) is 72.5 Å². The minimum Gasteiger partial charge on any atom is -0.462 e. The highest BCUT2D eigenvalue weighted by Gasteiger charge is 2.25. The minimum atomic E-state index is -0.574. The van der Waals surface area contributed by atoms with Gasteiger partial charge in [-0.25, -0.2) is 9.18 Å². The highest BCUT2D eigenvalue weighted by atomic mass is 32.2. The lowest BCUT2D eigenvalue weighted by Gasteiger charge is -2.07. The van der Waals surface area contributed by atoms with Crippen LogP contribution >= 0.6 is 23.1 Å². The molecule has 0 radical (unpaired) electrons. The fraction of sp³-hybridized carbons (Fsp3) is 0.278. The Morgan fingerprint density at radius 1 is 1.23 bits per heavy atom. The maximum atomic E-state index is 12.9. The maximum Gasteiger partial charge on any atom is 0.341 e. The van der Waals surface area contributed by atoms with Gasteiger partial charge in [0, 0.05) is 4.90 Å². The van der Waals surface area contributed by atoms with Gasteiger partial charge in [0.2, 0.25) is 5.91 Å². The predicted molar refractivity (Wildman–Crippen MR) is 101 cm³/mol. The molecular formula is C18H18FNO4S2. The smallest absolute Gasteiger partial charge is 0.341 e. The Kier molecular flexibility index (Phi) is 6.93. The summed E-state index contributed by atoms with van der Waals surface area (Å²) in [5.41, 5.74) is 0.713. The molecule has 138 valence electrons. The van der Waals surface area contributed by atoms with Gasteiger partial charge in [0.15, 0.2) is 5.78 Å². The summed E-state index contributed by atoms with van der Waals surface area (Å²) < 4.78 is 17.9. The molecule has 2 aromatic rings. The molecule has 0 saturated carbocycles. The van der Waals surface area contributed by atoms with Crippen molar-refractivity contribution in [1.29, 1.82) is 0 Å². The Balaban J connectivity index is 2.15. The second-order valence-corrected chi connectivity index (χ2v) is 7.40. The van der Waals surface area contributed by atoms with E-state index in [0.717, 1.165) is 16.2 Å². The van der Waals surface area contributed by atoms with Gasteiger partial charge >= 0.3 is 5.97 Å². The Labute approximate surface area is 158 Å². The van der Waals surface area contributed by atoms with Crippen molar-refractivity contribution in [2.75, 3.05) is 17.7 Å². The van der Waals surface area contributed by atoms with Crippen LogP contribution in [0.2, 0.25) is 0 Å². The summed E-state index contributed by atoms with van der Waals surface area (Å²) in [6, 6.07) is 5.81. The summed E-state index contributed by atoms with van der Waals surface area (Å²) in [6.45, 7) is 4.94. The Morgan fingerprint density at radius 3 is 2.46 bits per heavy atom. The van der Waals surface area contributed by atoms with E-state index in [-0.39, 0.29) is 35.4 Å². The largest absolute Gasteiger partial charge is 0.462 e. The molecule has 0 saturated heterocycles. The number of thioether (sulfide) groups is 1. The van der Waals surface area contributed by atoms with E-state index in [1.54, 1.807) is 26.0 Å². The van der Waals surface area contributed by atoms with Crippen LogP contribution in [0.1, 0.15) is 39.4 Å². The van der Waals surface area contributed by atoms with Gasteiger partial charge in [-0.05, 0) is 50.6 Å². The van der Waals surface area contributed by atoms with Crippen molar-refractivity contribution in [1.82, 2.24) is 0 Å². The number of anilines is 1. The summed E-state index contributed by atoms with van der Waals surface area (Å²) in [6.07, 6.45) is 0. The van der Waals surface area contributed by atoms with Crippen molar-refractivity contribution >= 4 is 45.8 Å². The zero-order valence-electron chi connectivity index (χ0n) is 14.6. The van der Waals surface area contributed by atoms with Crippen LogP contribution in [0.15, 0.2) is 29.2 Å². The SMILES string of the molecule is CCOC(=O)c1c(NC(=O)CSc2ccc(F)cc2)sc(C(C)=O)c1C. The van der Waals surface area contributed by atoms with E-state index in [0.29, 0.717) is 15.4 Å². The average molecular weight is 395 g/mol. The van der Waals surface area contributed by atoms with Gasteiger partial charge in [0.25, 0.3) is 0 Å². The third-order valence-corrected chi connectivity index (χ3v) is 5.70. The van der Waals surface area contributed by atoms with Crippen LogP contribution in [0.4, 0.5) is 9.39 Å². The summed E-state index contributed by atoms with van der Waals surface area (Å²) in [4.78, 5) is 37.3. The van der Waals surface area contributed by atoms with Gasteiger partial charge in [-0.3, -0.25) is 9.59 Å². The van der Waals surface area contributed by atoms with E-state index in [1.165, 1.54) is 30.8 Å². The monoisotopic (exact) mass is 395 g/mol. The Hall–Kier alpha value is -2.19. The first-order valence-corrected chi connectivity index (χ1v) is 9.63. The van der Waals surface area contributed by atoms with Crippen LogP contribution in [0.25, 0.3) is 0 Å². The normalized spacial score (nSPS) is 10.5. The molecule has 8 heteroatoms. The van der Waals surface area contributed by atoms with E-state index in [2.05, 4.69) is 5.32 Å². The number of rotatable bonds is 7. The van der Waals surface area contributed by atoms with Crippen molar-refractivity contribution in [2.24, 2.45) is 0 Å². The van der Waals surface area contributed by atoms with Gasteiger partial charge in [0.05, 0.1) is 22.8 Å². The van der Waals surface area contributed by atoms with E-state index < -0.39 is 5.97 Å². The van der Waals surface area contributed by atoms with E-state index >= 15 is 0 Å². The van der Waals surface area contributed by atoms with E-state index in [1.807, 2.05) is 0 Å². The molecule has 0 aliphatic heterocycles. The van der Waals surface area contributed by atoms with Crippen LogP contribution in [-0.4, -0.2) is 30.0 Å². The molecule has 1 aromatic heterocycles.